The second kappa shape index (κ2) is 4.62. The minimum Gasteiger partial charge on any atom is -0.356 e. The van der Waals surface area contributed by atoms with Gasteiger partial charge >= 0.3 is 0 Å². The Morgan fingerprint density at radius 2 is 2.00 bits per heavy atom. The molecular formula is C15H22ClN3. The van der Waals surface area contributed by atoms with Crippen molar-refractivity contribution in [2.45, 2.75) is 52.4 Å². The van der Waals surface area contributed by atoms with E-state index in [-0.39, 0.29) is 0 Å². The molecule has 4 heteroatoms. The molecule has 2 heterocycles. The van der Waals surface area contributed by atoms with Gasteiger partial charge in [-0.05, 0) is 38.0 Å². The molecule has 3 rings (SSSR count). The molecule has 0 radical (unpaired) electrons. The van der Waals surface area contributed by atoms with Crippen molar-refractivity contribution in [2.75, 3.05) is 18.0 Å². The van der Waals surface area contributed by atoms with Gasteiger partial charge in [-0.2, -0.15) is 0 Å². The Kier molecular flexibility index (Phi) is 3.20. The number of hydrogen-bond acceptors (Lipinski definition) is 3. The number of rotatable bonds is 2. The van der Waals surface area contributed by atoms with Crippen LogP contribution < -0.4 is 4.90 Å². The van der Waals surface area contributed by atoms with E-state index in [0.717, 1.165) is 30.3 Å². The molecule has 0 spiro atoms. The topological polar surface area (TPSA) is 29.0 Å². The zero-order valence-corrected chi connectivity index (χ0v) is 12.8. The van der Waals surface area contributed by atoms with Gasteiger partial charge in [-0.15, -0.1) is 0 Å². The van der Waals surface area contributed by atoms with Gasteiger partial charge in [-0.1, -0.05) is 25.4 Å². The van der Waals surface area contributed by atoms with Crippen LogP contribution in [0.15, 0.2) is 0 Å². The van der Waals surface area contributed by atoms with Crippen LogP contribution in [0, 0.1) is 12.3 Å². The van der Waals surface area contributed by atoms with E-state index in [9.17, 15) is 0 Å². The summed E-state index contributed by atoms with van der Waals surface area (Å²) in [7, 11) is 0. The van der Waals surface area contributed by atoms with Gasteiger partial charge in [0, 0.05) is 24.6 Å². The van der Waals surface area contributed by atoms with E-state index >= 15 is 0 Å². The van der Waals surface area contributed by atoms with Crippen molar-refractivity contribution in [2.24, 2.45) is 5.41 Å². The van der Waals surface area contributed by atoms with E-state index < -0.39 is 0 Å². The molecule has 0 aromatic carbocycles. The lowest BCUT2D eigenvalue weighted by molar-refractivity contribution is 0.291. The van der Waals surface area contributed by atoms with Crippen LogP contribution in [-0.2, 0) is 0 Å². The van der Waals surface area contributed by atoms with Gasteiger partial charge in [0.15, 0.2) is 0 Å². The fourth-order valence-corrected chi connectivity index (χ4v) is 3.10. The van der Waals surface area contributed by atoms with E-state index in [4.69, 9.17) is 16.6 Å². The highest BCUT2D eigenvalue weighted by Gasteiger charge is 2.31. The minimum absolute atomic E-state index is 0.363. The molecule has 1 aliphatic carbocycles. The Labute approximate surface area is 120 Å². The molecule has 0 unspecified atom stereocenters. The summed E-state index contributed by atoms with van der Waals surface area (Å²) in [4.78, 5) is 11.7. The minimum atomic E-state index is 0.363. The SMILES string of the molecule is Cc1c(Cl)nc(C2CC2)nc1N1CCCC(C)(C)C1. The third-order valence-corrected chi connectivity index (χ3v) is 4.59. The highest BCUT2D eigenvalue weighted by atomic mass is 35.5. The first-order chi connectivity index (χ1) is 8.96. The fourth-order valence-electron chi connectivity index (χ4n) is 2.93. The van der Waals surface area contributed by atoms with Crippen LogP contribution >= 0.6 is 11.6 Å². The van der Waals surface area contributed by atoms with Crippen LogP contribution in [0.4, 0.5) is 5.82 Å². The van der Waals surface area contributed by atoms with Gasteiger partial charge in [-0.25, -0.2) is 9.97 Å². The van der Waals surface area contributed by atoms with Crippen LogP contribution in [0.3, 0.4) is 0 Å². The molecule has 0 atom stereocenters. The van der Waals surface area contributed by atoms with Crippen molar-refractivity contribution in [3.8, 4) is 0 Å². The molecule has 0 bridgehead atoms. The predicted molar refractivity (Wildman–Crippen MR) is 79.0 cm³/mol. The quantitative estimate of drug-likeness (QED) is 0.768. The van der Waals surface area contributed by atoms with E-state index in [2.05, 4.69) is 23.7 Å². The van der Waals surface area contributed by atoms with Crippen LogP contribution in [0.25, 0.3) is 0 Å². The van der Waals surface area contributed by atoms with E-state index in [1.54, 1.807) is 0 Å². The Morgan fingerprint density at radius 1 is 1.26 bits per heavy atom. The number of nitrogens with zero attached hydrogens (tertiary/aromatic N) is 3. The maximum atomic E-state index is 6.30. The zero-order valence-electron chi connectivity index (χ0n) is 12.0. The van der Waals surface area contributed by atoms with Gasteiger partial charge in [0.1, 0.15) is 16.8 Å². The molecule has 3 nitrogen and oxygen atoms in total. The summed E-state index contributed by atoms with van der Waals surface area (Å²) in [6.45, 7) is 8.85. The summed E-state index contributed by atoms with van der Waals surface area (Å²) in [6.07, 6.45) is 4.94. The molecule has 0 amide bonds. The lowest BCUT2D eigenvalue weighted by atomic mass is 9.84. The van der Waals surface area contributed by atoms with Crippen LogP contribution in [0.5, 0.6) is 0 Å². The summed E-state index contributed by atoms with van der Waals surface area (Å²) in [5.74, 6) is 2.57. The molecule has 1 aromatic rings. The van der Waals surface area contributed by atoms with E-state index in [1.165, 1.54) is 25.7 Å². The van der Waals surface area contributed by atoms with Crippen molar-refractivity contribution in [1.29, 1.82) is 0 Å². The smallest absolute Gasteiger partial charge is 0.137 e. The van der Waals surface area contributed by atoms with Gasteiger partial charge in [0.25, 0.3) is 0 Å². The zero-order chi connectivity index (χ0) is 13.6. The second-order valence-electron chi connectivity index (χ2n) is 6.78. The summed E-state index contributed by atoms with van der Waals surface area (Å²) in [6, 6.07) is 0. The highest BCUT2D eigenvalue weighted by Crippen LogP contribution is 2.40. The number of hydrogen-bond donors (Lipinski definition) is 0. The first-order valence-corrected chi connectivity index (χ1v) is 7.63. The number of halogens is 1. The molecule has 19 heavy (non-hydrogen) atoms. The van der Waals surface area contributed by atoms with Crippen molar-refractivity contribution < 1.29 is 0 Å². The molecule has 1 saturated heterocycles. The van der Waals surface area contributed by atoms with Crippen molar-refractivity contribution in [3.05, 3.63) is 16.5 Å². The number of aromatic nitrogens is 2. The standard InChI is InChI=1S/C15H22ClN3/c1-10-12(16)17-13(11-5-6-11)18-14(10)19-8-4-7-15(2,3)9-19/h11H,4-9H2,1-3H3. The number of piperidine rings is 1. The molecule has 0 N–H and O–H groups in total. The maximum Gasteiger partial charge on any atom is 0.137 e. The van der Waals surface area contributed by atoms with Gasteiger partial charge < -0.3 is 4.90 Å². The summed E-state index contributed by atoms with van der Waals surface area (Å²) >= 11 is 6.30. The largest absolute Gasteiger partial charge is 0.356 e. The van der Waals surface area contributed by atoms with Crippen LogP contribution in [-0.4, -0.2) is 23.1 Å². The van der Waals surface area contributed by atoms with E-state index in [0.29, 0.717) is 16.5 Å². The average Bonchev–Trinajstić information content (AvgIpc) is 3.15. The summed E-state index contributed by atoms with van der Waals surface area (Å²) < 4.78 is 0. The maximum absolute atomic E-state index is 6.30. The molecule has 2 fully saturated rings. The van der Waals surface area contributed by atoms with Crippen LogP contribution in [0.1, 0.15) is 56.8 Å². The van der Waals surface area contributed by atoms with Crippen LogP contribution in [0.2, 0.25) is 5.15 Å². The summed E-state index contributed by atoms with van der Waals surface area (Å²) in [5.41, 5.74) is 1.39. The van der Waals surface area contributed by atoms with Gasteiger partial charge in [0.2, 0.25) is 0 Å². The summed E-state index contributed by atoms with van der Waals surface area (Å²) in [5, 5.41) is 0.635. The highest BCUT2D eigenvalue weighted by molar-refractivity contribution is 6.30. The molecule has 1 aliphatic heterocycles. The van der Waals surface area contributed by atoms with E-state index in [1.807, 2.05) is 6.92 Å². The van der Waals surface area contributed by atoms with Crippen molar-refractivity contribution in [3.63, 3.8) is 0 Å². The number of anilines is 1. The first kappa shape index (κ1) is 13.2. The molecule has 2 aliphatic rings. The monoisotopic (exact) mass is 279 g/mol. The lowest BCUT2D eigenvalue weighted by Crippen LogP contribution is -2.41. The van der Waals surface area contributed by atoms with Crippen molar-refractivity contribution in [1.82, 2.24) is 9.97 Å². The molecular weight excluding hydrogens is 258 g/mol. The average molecular weight is 280 g/mol. The Hall–Kier alpha value is -0.830. The predicted octanol–water partition coefficient (Wildman–Crippen LogP) is 3.94. The molecule has 1 aromatic heterocycles. The Balaban J connectivity index is 1.94. The third-order valence-electron chi connectivity index (χ3n) is 4.22. The fraction of sp³-hybridized carbons (Fsp3) is 0.733. The molecule has 104 valence electrons. The Bertz CT molecular complexity index is 494. The van der Waals surface area contributed by atoms with Gasteiger partial charge in [0.05, 0.1) is 0 Å². The van der Waals surface area contributed by atoms with Crippen molar-refractivity contribution >= 4 is 17.4 Å². The first-order valence-electron chi connectivity index (χ1n) is 7.25. The normalized spacial score (nSPS) is 22.6. The molecule has 1 saturated carbocycles. The second-order valence-corrected chi connectivity index (χ2v) is 7.14. The lowest BCUT2D eigenvalue weighted by Gasteiger charge is -2.39. The third kappa shape index (κ3) is 2.71. The Morgan fingerprint density at radius 3 is 2.63 bits per heavy atom. The van der Waals surface area contributed by atoms with Gasteiger partial charge in [-0.3, -0.25) is 0 Å².